The van der Waals surface area contributed by atoms with E-state index in [4.69, 9.17) is 5.53 Å². The maximum Gasteiger partial charge on any atom is 0.458 e. The quantitative estimate of drug-likeness (QED) is 0.658. The van der Waals surface area contributed by atoms with E-state index in [-0.39, 0.29) is 12.3 Å². The van der Waals surface area contributed by atoms with E-state index in [0.29, 0.717) is 5.56 Å². The van der Waals surface area contributed by atoms with Gasteiger partial charge in [-0.25, -0.2) is 0 Å². The molecule has 106 valence electrons. The highest BCUT2D eigenvalue weighted by Crippen LogP contribution is 2.38. The fourth-order valence-electron chi connectivity index (χ4n) is 1.65. The van der Waals surface area contributed by atoms with Crippen LogP contribution in [-0.2, 0) is 11.4 Å². The van der Waals surface area contributed by atoms with Crippen LogP contribution in [0.15, 0.2) is 34.5 Å². The number of rotatable bonds is 3. The van der Waals surface area contributed by atoms with Crippen LogP contribution in [0.1, 0.15) is 17.5 Å². The number of aliphatic hydroxyl groups is 1. The summed E-state index contributed by atoms with van der Waals surface area (Å²) in [6, 6.07) is 6.33. The Morgan fingerprint density at radius 1 is 1.40 bits per heavy atom. The maximum atomic E-state index is 12.5. The van der Waals surface area contributed by atoms with Crippen LogP contribution in [0.5, 0.6) is 0 Å². The Hall–Kier alpha value is -2.25. The molecule has 1 aliphatic heterocycles. The van der Waals surface area contributed by atoms with Crippen molar-refractivity contribution in [1.29, 1.82) is 5.53 Å². The lowest BCUT2D eigenvalue weighted by Gasteiger charge is -2.22. The molecule has 1 heterocycles. The zero-order valence-corrected chi connectivity index (χ0v) is 10.1. The van der Waals surface area contributed by atoms with Crippen molar-refractivity contribution < 1.29 is 23.1 Å². The molecule has 0 aliphatic carbocycles. The molecule has 0 radical (unpaired) electrons. The number of benzene rings is 1. The third-order valence-electron chi connectivity index (χ3n) is 2.77. The summed E-state index contributed by atoms with van der Waals surface area (Å²) in [5.41, 5.74) is 7.69. The van der Waals surface area contributed by atoms with Crippen molar-refractivity contribution in [3.63, 3.8) is 0 Å². The molecule has 0 fully saturated rings. The largest absolute Gasteiger partial charge is 0.458 e. The molecule has 1 aromatic carbocycles. The van der Waals surface area contributed by atoms with Crippen LogP contribution in [0.3, 0.4) is 0 Å². The van der Waals surface area contributed by atoms with Crippen LogP contribution in [0.25, 0.3) is 0 Å². The van der Waals surface area contributed by atoms with Crippen LogP contribution in [-0.4, -0.2) is 22.8 Å². The van der Waals surface area contributed by atoms with E-state index >= 15 is 0 Å². The fraction of sp³-hybridized carbons (Fsp3) is 0.364. The maximum absolute atomic E-state index is 12.5. The normalized spacial score (nSPS) is 21.9. The minimum Gasteiger partial charge on any atom is -0.350 e. The average Bonchev–Trinajstić information content (AvgIpc) is 2.80. The van der Waals surface area contributed by atoms with Gasteiger partial charge in [-0.1, -0.05) is 29.4 Å². The van der Waals surface area contributed by atoms with Crippen LogP contribution in [0.2, 0.25) is 0 Å². The van der Waals surface area contributed by atoms with Crippen molar-refractivity contribution in [2.24, 2.45) is 10.3 Å². The van der Waals surface area contributed by atoms with E-state index in [1.54, 1.807) is 24.3 Å². The number of oxime groups is 1. The van der Waals surface area contributed by atoms with Gasteiger partial charge in [-0.3, -0.25) is 0 Å². The van der Waals surface area contributed by atoms with Gasteiger partial charge in [-0.05, 0) is 11.1 Å². The molecule has 0 bridgehead atoms. The third-order valence-corrected chi connectivity index (χ3v) is 2.77. The molecule has 1 unspecified atom stereocenters. The summed E-state index contributed by atoms with van der Waals surface area (Å²) >= 11 is 0. The van der Waals surface area contributed by atoms with Crippen LogP contribution < -0.4 is 4.91 Å². The summed E-state index contributed by atoms with van der Waals surface area (Å²) in [6.45, 7) is 0.208. The van der Waals surface area contributed by atoms with Gasteiger partial charge in [0.2, 0.25) is 4.91 Å². The summed E-state index contributed by atoms with van der Waals surface area (Å²) in [5, 5.41) is 16.1. The number of alkyl halides is 3. The van der Waals surface area contributed by atoms with Gasteiger partial charge in [0.15, 0.2) is 0 Å². The van der Waals surface area contributed by atoms with Crippen LogP contribution in [0.4, 0.5) is 13.2 Å². The predicted octanol–water partition coefficient (Wildman–Crippen LogP) is 2.11. The lowest BCUT2D eigenvalue weighted by atomic mass is 10.0. The summed E-state index contributed by atoms with van der Waals surface area (Å²) < 4.78 is 37.6. The molecule has 9 heteroatoms. The molecule has 0 saturated carbocycles. The molecule has 6 nitrogen and oxygen atoms in total. The van der Waals surface area contributed by atoms with E-state index in [0.717, 1.165) is 5.56 Å². The zero-order valence-electron chi connectivity index (χ0n) is 10.1. The number of nitrogens with one attached hydrogen (secondary N) is 1. The Labute approximate surface area is 111 Å². The van der Waals surface area contributed by atoms with Crippen molar-refractivity contribution in [2.75, 3.05) is 0 Å². The highest BCUT2D eigenvalue weighted by Gasteiger charge is 2.60. The molecule has 1 aliphatic rings. The van der Waals surface area contributed by atoms with Crippen molar-refractivity contribution in [3.8, 4) is 0 Å². The SMILES string of the molecule is N=[N+]=NCc1ccc(C2=NOC(O)(C(F)(F)F)C2)cc1. The second-order valence-electron chi connectivity index (χ2n) is 4.18. The lowest BCUT2D eigenvalue weighted by Crippen LogP contribution is -2.45. The molecule has 0 aromatic heterocycles. The van der Waals surface area contributed by atoms with E-state index in [2.05, 4.69) is 20.0 Å². The summed E-state index contributed by atoms with van der Waals surface area (Å²) in [4.78, 5) is 6.98. The van der Waals surface area contributed by atoms with Gasteiger partial charge in [0.1, 0.15) is 17.2 Å². The van der Waals surface area contributed by atoms with Crippen molar-refractivity contribution in [3.05, 3.63) is 35.4 Å². The van der Waals surface area contributed by atoms with Gasteiger partial charge in [0.25, 0.3) is 0 Å². The van der Waals surface area contributed by atoms with Gasteiger partial charge in [-0.15, -0.1) is 0 Å². The Morgan fingerprint density at radius 2 is 2.05 bits per heavy atom. The molecule has 0 saturated heterocycles. The Morgan fingerprint density at radius 3 is 2.55 bits per heavy atom. The molecule has 2 rings (SSSR count). The summed E-state index contributed by atoms with van der Waals surface area (Å²) in [7, 11) is 0. The molecule has 0 spiro atoms. The first-order valence-corrected chi connectivity index (χ1v) is 5.52. The van der Waals surface area contributed by atoms with Crippen LogP contribution >= 0.6 is 0 Å². The van der Waals surface area contributed by atoms with Crippen LogP contribution in [0, 0.1) is 5.53 Å². The molecule has 20 heavy (non-hydrogen) atoms. The highest BCUT2D eigenvalue weighted by molar-refractivity contribution is 6.01. The molecule has 1 atom stereocenters. The minimum absolute atomic E-state index is 0.0125. The fourth-order valence-corrected chi connectivity index (χ4v) is 1.65. The second-order valence-corrected chi connectivity index (χ2v) is 4.18. The van der Waals surface area contributed by atoms with E-state index in [1.165, 1.54) is 0 Å². The van der Waals surface area contributed by atoms with Gasteiger partial charge in [0.05, 0.1) is 12.1 Å². The summed E-state index contributed by atoms with van der Waals surface area (Å²) in [6.07, 6.45) is -5.67. The molecule has 0 amide bonds. The summed E-state index contributed by atoms with van der Waals surface area (Å²) in [5.74, 6) is -3.26. The molecule has 1 aromatic rings. The number of hydrogen-bond donors (Lipinski definition) is 2. The van der Waals surface area contributed by atoms with Crippen molar-refractivity contribution in [1.82, 2.24) is 4.91 Å². The van der Waals surface area contributed by atoms with Gasteiger partial charge in [-0.2, -0.15) is 13.2 Å². The minimum atomic E-state index is -4.91. The topological polar surface area (TPSA) is 92.1 Å². The Bertz CT molecular complexity index is 578. The smallest absolute Gasteiger partial charge is 0.350 e. The van der Waals surface area contributed by atoms with Gasteiger partial charge < -0.3 is 9.94 Å². The standard InChI is InChI=1S/C11H10F3N4O2/c12-11(13,14)10(19)5-9(17-20-10)8-3-1-7(2-4-8)6-16-18-15/h1-4,15,19H,5-6H2/q+1. The monoisotopic (exact) mass is 287 g/mol. The predicted molar refractivity (Wildman–Crippen MR) is 60.7 cm³/mol. The Balaban J connectivity index is 2.13. The Kier molecular flexibility index (Phi) is 3.56. The zero-order chi connectivity index (χ0) is 14.8. The molecular weight excluding hydrogens is 277 g/mol. The first-order valence-electron chi connectivity index (χ1n) is 5.52. The second kappa shape index (κ2) is 5.03. The number of hydrogen-bond acceptors (Lipinski definition) is 5. The third kappa shape index (κ3) is 2.68. The van der Waals surface area contributed by atoms with Gasteiger partial charge >= 0.3 is 12.0 Å². The van der Waals surface area contributed by atoms with E-state index in [1.807, 2.05) is 0 Å². The number of nitrogens with zero attached hydrogens (tertiary/aromatic N) is 3. The molecule has 2 N–H and O–H groups in total. The van der Waals surface area contributed by atoms with Crippen molar-refractivity contribution in [2.45, 2.75) is 24.9 Å². The lowest BCUT2D eigenvalue weighted by molar-refractivity contribution is -0.355. The van der Waals surface area contributed by atoms with Crippen molar-refractivity contribution >= 4 is 5.71 Å². The van der Waals surface area contributed by atoms with Gasteiger partial charge in [0, 0.05) is 0 Å². The molecular formula is C11H10F3N4O2+. The first kappa shape index (κ1) is 14.2. The first-order chi connectivity index (χ1) is 9.36. The number of halogens is 3. The van der Waals surface area contributed by atoms with E-state index in [9.17, 15) is 18.3 Å². The van der Waals surface area contributed by atoms with E-state index < -0.39 is 18.4 Å². The average molecular weight is 287 g/mol. The highest BCUT2D eigenvalue weighted by atomic mass is 19.4.